The minimum Gasteiger partial charge on any atom is -0.478 e. The van der Waals surface area contributed by atoms with Gasteiger partial charge in [-0.15, -0.1) is 0 Å². The monoisotopic (exact) mass is 188 g/mol. The minimum atomic E-state index is -0.942. The van der Waals surface area contributed by atoms with E-state index in [1.807, 2.05) is 0 Å². The van der Waals surface area contributed by atoms with Crippen LogP contribution in [-0.4, -0.2) is 11.1 Å². The van der Waals surface area contributed by atoms with Crippen LogP contribution in [0.5, 0.6) is 0 Å². The van der Waals surface area contributed by atoms with Gasteiger partial charge in [-0.25, -0.2) is 4.79 Å². The van der Waals surface area contributed by atoms with Crippen LogP contribution in [0.3, 0.4) is 0 Å². The Morgan fingerprint density at radius 1 is 1.57 bits per heavy atom. The topological polar surface area (TPSA) is 37.3 Å². The molecule has 0 amide bonds. The molecule has 14 heavy (non-hydrogen) atoms. The zero-order valence-electron chi connectivity index (χ0n) is 7.81. The summed E-state index contributed by atoms with van der Waals surface area (Å²) in [6.07, 6.45) is 9.30. The van der Waals surface area contributed by atoms with Crippen LogP contribution in [0.15, 0.2) is 24.3 Å². The van der Waals surface area contributed by atoms with Crippen LogP contribution in [0, 0.1) is 29.6 Å². The summed E-state index contributed by atoms with van der Waals surface area (Å²) in [5.41, 5.74) is 0. The Kier molecular flexibility index (Phi) is 2.41. The van der Waals surface area contributed by atoms with E-state index in [1.54, 1.807) is 0 Å². The van der Waals surface area contributed by atoms with Crippen molar-refractivity contribution in [1.29, 1.82) is 0 Å². The maximum absolute atomic E-state index is 10.2. The fourth-order valence-electron chi connectivity index (χ4n) is 1.94. The molecule has 1 N–H and O–H groups in total. The zero-order valence-corrected chi connectivity index (χ0v) is 7.81. The van der Waals surface area contributed by atoms with Gasteiger partial charge in [-0.3, -0.25) is 0 Å². The van der Waals surface area contributed by atoms with Crippen molar-refractivity contribution < 1.29 is 9.90 Å². The molecule has 0 aromatic carbocycles. The Morgan fingerprint density at radius 3 is 3.21 bits per heavy atom. The summed E-state index contributed by atoms with van der Waals surface area (Å²) in [5.74, 6) is 6.87. The van der Waals surface area contributed by atoms with Gasteiger partial charge in [0.15, 0.2) is 0 Å². The van der Waals surface area contributed by atoms with Gasteiger partial charge in [0.05, 0.1) is 0 Å². The maximum atomic E-state index is 10.2. The summed E-state index contributed by atoms with van der Waals surface area (Å²) in [6, 6.07) is 0. The number of allylic oxidation sites excluding steroid dienone is 3. The van der Waals surface area contributed by atoms with Crippen molar-refractivity contribution >= 4 is 5.97 Å². The van der Waals surface area contributed by atoms with Crippen LogP contribution >= 0.6 is 0 Å². The molecule has 1 saturated carbocycles. The van der Waals surface area contributed by atoms with Gasteiger partial charge < -0.3 is 5.11 Å². The van der Waals surface area contributed by atoms with Crippen LogP contribution in [-0.2, 0) is 4.79 Å². The second-order valence-corrected chi connectivity index (χ2v) is 3.81. The highest BCUT2D eigenvalue weighted by Crippen LogP contribution is 2.49. The summed E-state index contributed by atoms with van der Waals surface area (Å²) in [4.78, 5) is 10.2. The van der Waals surface area contributed by atoms with E-state index in [4.69, 9.17) is 5.11 Å². The molecule has 2 heteroatoms. The predicted octanol–water partition coefficient (Wildman–Crippen LogP) is 1.84. The van der Waals surface area contributed by atoms with Crippen LogP contribution in [0.4, 0.5) is 0 Å². The van der Waals surface area contributed by atoms with Gasteiger partial charge in [-0.2, -0.15) is 0 Å². The van der Waals surface area contributed by atoms with Crippen LogP contribution in [0.25, 0.3) is 0 Å². The first-order chi connectivity index (χ1) is 6.77. The average molecular weight is 188 g/mol. The molecule has 2 nitrogen and oxygen atoms in total. The second-order valence-electron chi connectivity index (χ2n) is 3.81. The van der Waals surface area contributed by atoms with Crippen molar-refractivity contribution in [3.05, 3.63) is 24.3 Å². The summed E-state index contributed by atoms with van der Waals surface area (Å²) < 4.78 is 0. The molecule has 0 spiro atoms. The highest BCUT2D eigenvalue weighted by molar-refractivity contribution is 5.80. The molecule has 3 atom stereocenters. The number of carboxylic acid groups (broad SMARTS) is 1. The van der Waals surface area contributed by atoms with E-state index < -0.39 is 5.97 Å². The molecule has 1 fully saturated rings. The normalized spacial score (nSPS) is 33.3. The van der Waals surface area contributed by atoms with E-state index in [0.29, 0.717) is 5.92 Å². The Morgan fingerprint density at radius 2 is 2.43 bits per heavy atom. The van der Waals surface area contributed by atoms with E-state index in [1.165, 1.54) is 18.9 Å². The van der Waals surface area contributed by atoms with E-state index in [9.17, 15) is 4.79 Å². The number of rotatable bonds is 1. The molecule has 2 aliphatic carbocycles. The van der Waals surface area contributed by atoms with Crippen molar-refractivity contribution in [3.63, 3.8) is 0 Å². The molecule has 2 rings (SSSR count). The molecule has 0 aliphatic heterocycles. The zero-order chi connectivity index (χ0) is 9.97. The number of carboxylic acids is 1. The molecule has 0 aromatic heterocycles. The standard InChI is InChI=1S/C12H12O2/c13-12(14)7-2-1-4-9-5-3-6-10-8-11(9)10/h2-3,5,7,9-11H,6,8H2,(H,13,14)/b7-2-. The first-order valence-corrected chi connectivity index (χ1v) is 4.84. The Hall–Kier alpha value is -1.49. The van der Waals surface area contributed by atoms with Crippen molar-refractivity contribution in [1.82, 2.24) is 0 Å². The Balaban J connectivity index is 1.93. The second kappa shape index (κ2) is 3.71. The van der Waals surface area contributed by atoms with Crippen molar-refractivity contribution in [2.45, 2.75) is 12.8 Å². The van der Waals surface area contributed by atoms with Gasteiger partial charge in [0.25, 0.3) is 0 Å². The third-order valence-corrected chi connectivity index (χ3v) is 2.78. The fourth-order valence-corrected chi connectivity index (χ4v) is 1.94. The maximum Gasteiger partial charge on any atom is 0.328 e. The molecule has 0 bridgehead atoms. The van der Waals surface area contributed by atoms with Crippen molar-refractivity contribution in [2.75, 3.05) is 0 Å². The lowest BCUT2D eigenvalue weighted by Gasteiger charge is -2.07. The Bertz CT molecular complexity index is 354. The number of aliphatic carboxylic acids is 1. The average Bonchev–Trinajstić information content (AvgIpc) is 2.91. The van der Waals surface area contributed by atoms with E-state index in [2.05, 4.69) is 24.0 Å². The molecule has 3 unspecified atom stereocenters. The predicted molar refractivity (Wildman–Crippen MR) is 53.4 cm³/mol. The lowest BCUT2D eigenvalue weighted by molar-refractivity contribution is -0.131. The Labute approximate surface area is 83.3 Å². The van der Waals surface area contributed by atoms with Gasteiger partial charge in [-0.05, 0) is 30.8 Å². The highest BCUT2D eigenvalue weighted by atomic mass is 16.4. The minimum absolute atomic E-state index is 0.354. The van der Waals surface area contributed by atoms with Crippen LogP contribution in [0.2, 0.25) is 0 Å². The van der Waals surface area contributed by atoms with E-state index in [0.717, 1.165) is 17.9 Å². The van der Waals surface area contributed by atoms with Gasteiger partial charge in [0.2, 0.25) is 0 Å². The van der Waals surface area contributed by atoms with Crippen LogP contribution < -0.4 is 0 Å². The largest absolute Gasteiger partial charge is 0.478 e. The molecular weight excluding hydrogens is 176 g/mol. The quantitative estimate of drug-likeness (QED) is 0.387. The van der Waals surface area contributed by atoms with E-state index in [-0.39, 0.29) is 0 Å². The van der Waals surface area contributed by atoms with Gasteiger partial charge in [-0.1, -0.05) is 24.0 Å². The number of hydrogen-bond acceptors (Lipinski definition) is 1. The summed E-state index contributed by atoms with van der Waals surface area (Å²) in [7, 11) is 0. The molecule has 0 radical (unpaired) electrons. The molecule has 0 saturated heterocycles. The summed E-state index contributed by atoms with van der Waals surface area (Å²) >= 11 is 0. The smallest absolute Gasteiger partial charge is 0.328 e. The molecule has 72 valence electrons. The molecule has 0 aromatic rings. The third kappa shape index (κ3) is 2.05. The van der Waals surface area contributed by atoms with Crippen molar-refractivity contribution in [2.24, 2.45) is 17.8 Å². The molecule has 2 aliphatic rings. The summed E-state index contributed by atoms with van der Waals surface area (Å²) in [5, 5.41) is 8.34. The summed E-state index contributed by atoms with van der Waals surface area (Å²) in [6.45, 7) is 0. The first-order valence-electron chi connectivity index (χ1n) is 4.84. The number of carbonyl (C=O) groups is 1. The lowest BCUT2D eigenvalue weighted by Crippen LogP contribution is -2.01. The van der Waals surface area contributed by atoms with Crippen LogP contribution in [0.1, 0.15) is 12.8 Å². The first kappa shape index (κ1) is 9.08. The van der Waals surface area contributed by atoms with Gasteiger partial charge >= 0.3 is 5.97 Å². The SMILES string of the molecule is O=C(O)/C=C\C#CC1C=CCC2CC12. The van der Waals surface area contributed by atoms with Gasteiger partial charge in [0, 0.05) is 12.0 Å². The number of fused-ring (bicyclic) bond motifs is 1. The van der Waals surface area contributed by atoms with E-state index >= 15 is 0 Å². The van der Waals surface area contributed by atoms with Crippen molar-refractivity contribution in [3.8, 4) is 11.8 Å². The molecular formula is C12H12O2. The van der Waals surface area contributed by atoms with Gasteiger partial charge in [0.1, 0.15) is 0 Å². The molecule has 0 heterocycles. The highest BCUT2D eigenvalue weighted by Gasteiger charge is 2.42. The fraction of sp³-hybridized carbons (Fsp3) is 0.417. The number of hydrogen-bond donors (Lipinski definition) is 1. The lowest BCUT2D eigenvalue weighted by atomic mass is 9.96. The third-order valence-electron chi connectivity index (χ3n) is 2.78.